The maximum atomic E-state index is 4.23. The lowest BCUT2D eigenvalue weighted by atomic mass is 9.90. The van der Waals surface area contributed by atoms with Crippen LogP contribution in [0, 0.1) is 0 Å². The van der Waals surface area contributed by atoms with Crippen LogP contribution < -0.4 is 0 Å². The lowest BCUT2D eigenvalue weighted by Gasteiger charge is -2.14. The molecule has 0 spiro atoms. The maximum Gasteiger partial charge on any atom is 0.0273 e. The van der Waals surface area contributed by atoms with Gasteiger partial charge in [0, 0.05) is 24.8 Å². The highest BCUT2D eigenvalue weighted by atomic mass is 14.6. The third-order valence-electron chi connectivity index (χ3n) is 9.46. The molecule has 0 aliphatic rings. The first-order valence-corrected chi connectivity index (χ1v) is 16.3. The van der Waals surface area contributed by atoms with Crippen molar-refractivity contribution in [2.45, 2.75) is 0 Å². The number of nitrogens with zero attached hydrogens (tertiary/aromatic N) is 2. The zero-order chi connectivity index (χ0) is 31.9. The van der Waals surface area contributed by atoms with Gasteiger partial charge in [0.1, 0.15) is 0 Å². The molecule has 0 atom stereocenters. The van der Waals surface area contributed by atoms with Crippen molar-refractivity contribution >= 4 is 32.3 Å². The molecule has 48 heavy (non-hydrogen) atoms. The second-order valence-corrected chi connectivity index (χ2v) is 12.3. The van der Waals surface area contributed by atoms with Crippen LogP contribution in [0.25, 0.3) is 88.0 Å². The smallest absolute Gasteiger partial charge is 0.0273 e. The van der Waals surface area contributed by atoms with Crippen LogP contribution in [0.1, 0.15) is 0 Å². The molecule has 0 unspecified atom stereocenters. The van der Waals surface area contributed by atoms with Crippen molar-refractivity contribution in [2.75, 3.05) is 0 Å². The van der Waals surface area contributed by atoms with Crippen molar-refractivity contribution in [3.05, 3.63) is 183 Å². The molecule has 0 saturated carbocycles. The Bertz CT molecular complexity index is 2500. The Morgan fingerprint density at radius 2 is 0.542 bits per heavy atom. The van der Waals surface area contributed by atoms with E-state index in [9.17, 15) is 0 Å². The first-order valence-electron chi connectivity index (χ1n) is 16.3. The van der Waals surface area contributed by atoms with E-state index in [4.69, 9.17) is 0 Å². The first-order chi connectivity index (χ1) is 23.8. The molecule has 9 aromatic rings. The predicted octanol–water partition coefficient (Wildman–Crippen LogP) is 12.3. The van der Waals surface area contributed by atoms with Crippen molar-refractivity contribution in [1.82, 2.24) is 9.97 Å². The SMILES string of the molecule is c1ccc(-c2ccc3c4ccc(-c5ccc(-c6cc(-c7ccncc7)cc(-c7ccncc7)c6)cc5)cc4c4ccccc4c3c2)cc1. The van der Waals surface area contributed by atoms with Gasteiger partial charge in [-0.1, -0.05) is 103 Å². The van der Waals surface area contributed by atoms with E-state index in [1.807, 2.05) is 24.8 Å². The molecule has 0 N–H and O–H groups in total. The fourth-order valence-corrected chi connectivity index (χ4v) is 7.02. The van der Waals surface area contributed by atoms with E-state index in [1.54, 1.807) is 0 Å². The standard InChI is InChI=1S/C46H30N2/c1-2-6-31(7-3-1)36-14-16-43-44-17-15-37(30-46(44)42-9-5-4-8-41(42)45(43)29-36)32-10-12-33(13-11-32)38-26-39(34-18-22-47-23-19-34)28-40(27-38)35-20-24-48-25-21-35/h1-30H. The molecule has 2 heteroatoms. The summed E-state index contributed by atoms with van der Waals surface area (Å²) in [6.07, 6.45) is 7.39. The number of benzene rings is 7. The Balaban J connectivity index is 1.13. The lowest BCUT2D eigenvalue weighted by Crippen LogP contribution is -1.88. The molecule has 7 aromatic carbocycles. The average Bonchev–Trinajstić information content (AvgIpc) is 3.18. The van der Waals surface area contributed by atoms with Gasteiger partial charge in [-0.3, -0.25) is 9.97 Å². The molecule has 224 valence electrons. The fourth-order valence-electron chi connectivity index (χ4n) is 7.02. The van der Waals surface area contributed by atoms with Gasteiger partial charge in [0.15, 0.2) is 0 Å². The number of hydrogen-bond donors (Lipinski definition) is 0. The Kier molecular flexibility index (Phi) is 6.84. The van der Waals surface area contributed by atoms with Gasteiger partial charge >= 0.3 is 0 Å². The van der Waals surface area contributed by atoms with E-state index in [0.717, 1.165) is 22.3 Å². The van der Waals surface area contributed by atoms with Gasteiger partial charge in [0.25, 0.3) is 0 Å². The molecule has 0 amide bonds. The molecule has 2 nitrogen and oxygen atoms in total. The minimum atomic E-state index is 1.14. The van der Waals surface area contributed by atoms with E-state index in [2.05, 4.69) is 168 Å². The van der Waals surface area contributed by atoms with E-state index in [-0.39, 0.29) is 0 Å². The summed E-state index contributed by atoms with van der Waals surface area (Å²) in [7, 11) is 0. The Morgan fingerprint density at radius 1 is 0.208 bits per heavy atom. The Morgan fingerprint density at radius 3 is 1.00 bits per heavy atom. The molecule has 2 heterocycles. The summed E-state index contributed by atoms with van der Waals surface area (Å²) in [6.45, 7) is 0. The van der Waals surface area contributed by atoms with Gasteiger partial charge in [0.2, 0.25) is 0 Å². The van der Waals surface area contributed by atoms with Crippen LogP contribution in [-0.4, -0.2) is 9.97 Å². The summed E-state index contributed by atoms with van der Waals surface area (Å²) in [5, 5.41) is 7.69. The average molecular weight is 611 g/mol. The van der Waals surface area contributed by atoms with Gasteiger partial charge in [0.05, 0.1) is 0 Å². The molecule has 0 aliphatic carbocycles. The third-order valence-corrected chi connectivity index (χ3v) is 9.46. The summed E-state index contributed by atoms with van der Waals surface area (Å²) in [5.41, 5.74) is 11.8. The quantitative estimate of drug-likeness (QED) is 0.181. The lowest BCUT2D eigenvalue weighted by molar-refractivity contribution is 1.33. The normalized spacial score (nSPS) is 11.3. The molecule has 0 aliphatic heterocycles. The number of pyridine rings is 2. The topological polar surface area (TPSA) is 25.8 Å². The number of hydrogen-bond acceptors (Lipinski definition) is 2. The van der Waals surface area contributed by atoms with Crippen molar-refractivity contribution in [2.24, 2.45) is 0 Å². The molecule has 0 fully saturated rings. The van der Waals surface area contributed by atoms with Crippen LogP contribution in [0.5, 0.6) is 0 Å². The minimum Gasteiger partial charge on any atom is -0.265 e. The zero-order valence-corrected chi connectivity index (χ0v) is 26.2. The monoisotopic (exact) mass is 610 g/mol. The van der Waals surface area contributed by atoms with E-state index < -0.39 is 0 Å². The molecular weight excluding hydrogens is 581 g/mol. The highest BCUT2D eigenvalue weighted by Crippen LogP contribution is 2.39. The maximum absolute atomic E-state index is 4.23. The van der Waals surface area contributed by atoms with Gasteiger partial charge < -0.3 is 0 Å². The molecular formula is C46H30N2. The largest absolute Gasteiger partial charge is 0.265 e. The van der Waals surface area contributed by atoms with Crippen molar-refractivity contribution in [1.29, 1.82) is 0 Å². The van der Waals surface area contributed by atoms with Crippen LogP contribution in [0.2, 0.25) is 0 Å². The first kappa shape index (κ1) is 27.9. The van der Waals surface area contributed by atoms with Crippen molar-refractivity contribution < 1.29 is 0 Å². The number of aromatic nitrogens is 2. The highest BCUT2D eigenvalue weighted by molar-refractivity contribution is 6.26. The van der Waals surface area contributed by atoms with Crippen LogP contribution >= 0.6 is 0 Å². The Labute approximate surface area is 279 Å². The van der Waals surface area contributed by atoms with Crippen LogP contribution in [0.4, 0.5) is 0 Å². The summed E-state index contributed by atoms with van der Waals surface area (Å²) < 4.78 is 0. The highest BCUT2D eigenvalue weighted by Gasteiger charge is 2.12. The number of fused-ring (bicyclic) bond motifs is 6. The van der Waals surface area contributed by atoms with Gasteiger partial charge in [-0.2, -0.15) is 0 Å². The van der Waals surface area contributed by atoms with Crippen LogP contribution in [0.15, 0.2) is 183 Å². The zero-order valence-electron chi connectivity index (χ0n) is 26.2. The van der Waals surface area contributed by atoms with Gasteiger partial charge in [-0.05, 0) is 143 Å². The van der Waals surface area contributed by atoms with E-state index in [1.165, 1.54) is 65.7 Å². The predicted molar refractivity (Wildman–Crippen MR) is 202 cm³/mol. The Hall–Kier alpha value is -6.38. The van der Waals surface area contributed by atoms with Crippen molar-refractivity contribution in [3.8, 4) is 55.6 Å². The third kappa shape index (κ3) is 5.01. The van der Waals surface area contributed by atoms with Crippen LogP contribution in [-0.2, 0) is 0 Å². The second kappa shape index (κ2) is 11.8. The summed E-state index contributed by atoms with van der Waals surface area (Å²) >= 11 is 0. The summed E-state index contributed by atoms with van der Waals surface area (Å²) in [4.78, 5) is 8.46. The molecule has 0 bridgehead atoms. The summed E-state index contributed by atoms with van der Waals surface area (Å²) in [5.74, 6) is 0. The minimum absolute atomic E-state index is 1.14. The molecule has 0 radical (unpaired) electrons. The van der Waals surface area contributed by atoms with E-state index >= 15 is 0 Å². The second-order valence-electron chi connectivity index (χ2n) is 12.3. The van der Waals surface area contributed by atoms with Crippen molar-refractivity contribution in [3.63, 3.8) is 0 Å². The van der Waals surface area contributed by atoms with E-state index in [0.29, 0.717) is 0 Å². The fraction of sp³-hybridized carbons (Fsp3) is 0. The van der Waals surface area contributed by atoms with Gasteiger partial charge in [-0.25, -0.2) is 0 Å². The van der Waals surface area contributed by atoms with Gasteiger partial charge in [-0.15, -0.1) is 0 Å². The number of rotatable bonds is 5. The summed E-state index contributed by atoms with van der Waals surface area (Å²) in [6, 6.07) is 57.3. The molecule has 2 aromatic heterocycles. The van der Waals surface area contributed by atoms with Crippen LogP contribution in [0.3, 0.4) is 0 Å². The molecule has 9 rings (SSSR count). The molecule has 0 saturated heterocycles.